The molecule has 0 unspecified atom stereocenters. The molecule has 13 heteroatoms. The maximum atomic E-state index is 13.0. The maximum absolute atomic E-state index is 13.0. The Labute approximate surface area is 207 Å². The Kier molecular flexibility index (Phi) is 6.71. The number of thiocarbonyl (C=S) groups is 1. The molecule has 2 heterocycles. The molecule has 0 radical (unpaired) electrons. The van der Waals surface area contributed by atoms with Gasteiger partial charge in [0, 0.05) is 24.3 Å². The van der Waals surface area contributed by atoms with Crippen molar-refractivity contribution in [3.05, 3.63) is 91.5 Å². The second-order valence-electron chi connectivity index (χ2n) is 6.92. The maximum Gasteiger partial charge on any atom is 0.287 e. The Hall–Kier alpha value is -4.36. The van der Waals surface area contributed by atoms with Crippen LogP contribution < -0.4 is 14.4 Å². The first-order valence-corrected chi connectivity index (χ1v) is 11.0. The van der Waals surface area contributed by atoms with E-state index in [1.54, 1.807) is 30.3 Å². The summed E-state index contributed by atoms with van der Waals surface area (Å²) in [5.41, 5.74) is 0.609. The monoisotopic (exact) mass is 510 g/mol. The molecule has 176 valence electrons. The van der Waals surface area contributed by atoms with Crippen LogP contribution in [0.2, 0.25) is 0 Å². The quantitative estimate of drug-likeness (QED) is 0.182. The second-order valence-corrected chi connectivity index (χ2v) is 8.59. The van der Waals surface area contributed by atoms with Crippen molar-refractivity contribution < 1.29 is 24.1 Å². The van der Waals surface area contributed by atoms with Gasteiger partial charge in [-0.2, -0.15) is 0 Å². The molecule has 4 rings (SSSR count). The van der Waals surface area contributed by atoms with Gasteiger partial charge < -0.3 is 9.47 Å². The highest BCUT2D eigenvalue weighted by atomic mass is 32.2. The number of hydrogen-bond donors (Lipinski definition) is 0. The van der Waals surface area contributed by atoms with Crippen LogP contribution in [0, 0.1) is 20.2 Å². The molecule has 1 fully saturated rings. The van der Waals surface area contributed by atoms with Crippen molar-refractivity contribution in [2.75, 3.05) is 12.0 Å². The van der Waals surface area contributed by atoms with Crippen LogP contribution in [0.25, 0.3) is 6.08 Å². The lowest BCUT2D eigenvalue weighted by Crippen LogP contribution is -2.27. The average molecular weight is 511 g/mol. The summed E-state index contributed by atoms with van der Waals surface area (Å²) in [6.45, 7) is 0. The minimum absolute atomic E-state index is 0.138. The molecule has 1 amide bonds. The Morgan fingerprint density at radius 1 is 1.03 bits per heavy atom. The van der Waals surface area contributed by atoms with Gasteiger partial charge in [0.25, 0.3) is 17.3 Å². The highest BCUT2D eigenvalue weighted by Gasteiger charge is 2.34. The van der Waals surface area contributed by atoms with Gasteiger partial charge in [0.15, 0.2) is 15.8 Å². The lowest BCUT2D eigenvalue weighted by atomic mass is 10.1. The molecule has 0 N–H and O–H groups in total. The van der Waals surface area contributed by atoms with Gasteiger partial charge in [0.2, 0.25) is 5.88 Å². The molecule has 0 aliphatic carbocycles. The Morgan fingerprint density at radius 3 is 2.46 bits per heavy atom. The second kappa shape index (κ2) is 9.87. The zero-order valence-corrected chi connectivity index (χ0v) is 19.4. The largest absolute Gasteiger partial charge is 0.493 e. The van der Waals surface area contributed by atoms with E-state index < -0.39 is 15.8 Å². The van der Waals surface area contributed by atoms with E-state index in [0.717, 1.165) is 18.0 Å². The Bertz CT molecular complexity index is 1390. The SMILES string of the molecule is COc1cc(/C=C2\SC(=S)N(c3cccc([N+](=O)[O-])c3)C2=O)ccc1Oc1ccc([N+](=O)[O-])cn1. The van der Waals surface area contributed by atoms with E-state index in [1.165, 1.54) is 42.3 Å². The minimum Gasteiger partial charge on any atom is -0.493 e. The van der Waals surface area contributed by atoms with Gasteiger partial charge in [-0.1, -0.05) is 36.1 Å². The molecular formula is C22H14N4O7S2. The number of nitro benzene ring substituents is 1. The number of benzene rings is 2. The van der Waals surface area contributed by atoms with Crippen LogP contribution in [0.15, 0.2) is 65.7 Å². The molecule has 1 saturated heterocycles. The number of nitrogens with zero attached hydrogens (tertiary/aromatic N) is 4. The first-order valence-electron chi connectivity index (χ1n) is 9.75. The third-order valence-electron chi connectivity index (χ3n) is 4.72. The number of aromatic nitrogens is 1. The number of non-ortho nitro benzene ring substituents is 1. The standard InChI is InChI=1S/C22H14N4O7S2/c1-32-18-9-13(5-7-17(18)33-20-8-6-16(12-23-20)26(30)31)10-19-21(27)24(22(34)35-19)14-3-2-4-15(11-14)25(28)29/h2-12H,1H3/b19-10-. The molecule has 1 aliphatic rings. The van der Waals surface area contributed by atoms with Crippen LogP contribution in [-0.4, -0.2) is 32.2 Å². The molecule has 3 aromatic rings. The predicted octanol–water partition coefficient (Wildman–Crippen LogP) is 5.10. The van der Waals surface area contributed by atoms with Gasteiger partial charge >= 0.3 is 0 Å². The Balaban J connectivity index is 1.57. The number of thioether (sulfide) groups is 1. The lowest BCUT2D eigenvalue weighted by Gasteiger charge is -2.14. The minimum atomic E-state index is -0.562. The number of hydrogen-bond acceptors (Lipinski definition) is 10. The van der Waals surface area contributed by atoms with Crippen LogP contribution in [-0.2, 0) is 4.79 Å². The molecule has 1 aliphatic heterocycles. The Morgan fingerprint density at radius 2 is 1.80 bits per heavy atom. The van der Waals surface area contributed by atoms with Crippen molar-refractivity contribution >= 4 is 57.3 Å². The van der Waals surface area contributed by atoms with E-state index in [0.29, 0.717) is 27.7 Å². The fourth-order valence-corrected chi connectivity index (χ4v) is 4.40. The van der Waals surface area contributed by atoms with Crippen LogP contribution in [0.1, 0.15) is 5.56 Å². The third kappa shape index (κ3) is 5.10. The van der Waals surface area contributed by atoms with E-state index >= 15 is 0 Å². The number of nitro groups is 2. The number of carbonyl (C=O) groups excluding carboxylic acids is 1. The zero-order valence-electron chi connectivity index (χ0n) is 17.8. The van der Waals surface area contributed by atoms with Crippen LogP contribution >= 0.6 is 24.0 Å². The molecule has 0 atom stereocenters. The van der Waals surface area contributed by atoms with Gasteiger partial charge in [-0.05, 0) is 29.8 Å². The summed E-state index contributed by atoms with van der Waals surface area (Å²) < 4.78 is 11.3. The first-order chi connectivity index (χ1) is 16.8. The van der Waals surface area contributed by atoms with E-state index in [9.17, 15) is 25.0 Å². The van der Waals surface area contributed by atoms with Crippen molar-refractivity contribution in [2.24, 2.45) is 0 Å². The summed E-state index contributed by atoms with van der Waals surface area (Å²) in [5, 5.41) is 21.9. The van der Waals surface area contributed by atoms with Gasteiger partial charge in [-0.3, -0.25) is 29.9 Å². The van der Waals surface area contributed by atoms with Crippen molar-refractivity contribution in [2.45, 2.75) is 0 Å². The molecule has 0 spiro atoms. The van der Waals surface area contributed by atoms with E-state index in [4.69, 9.17) is 21.7 Å². The van der Waals surface area contributed by atoms with Gasteiger partial charge in [-0.15, -0.1) is 0 Å². The molecular weight excluding hydrogens is 496 g/mol. The van der Waals surface area contributed by atoms with Crippen molar-refractivity contribution in [3.63, 3.8) is 0 Å². The topological polar surface area (TPSA) is 138 Å². The summed E-state index contributed by atoms with van der Waals surface area (Å²) >= 11 is 6.40. The van der Waals surface area contributed by atoms with Crippen molar-refractivity contribution in [1.82, 2.24) is 4.98 Å². The van der Waals surface area contributed by atoms with Gasteiger partial charge in [0.1, 0.15) is 6.20 Å². The predicted molar refractivity (Wildman–Crippen MR) is 133 cm³/mol. The highest BCUT2D eigenvalue weighted by molar-refractivity contribution is 8.27. The summed E-state index contributed by atoms with van der Waals surface area (Å²) in [6.07, 6.45) is 2.70. The molecule has 0 bridgehead atoms. The normalized spacial score (nSPS) is 14.3. The highest BCUT2D eigenvalue weighted by Crippen LogP contribution is 2.38. The zero-order chi connectivity index (χ0) is 25.1. The van der Waals surface area contributed by atoms with Crippen molar-refractivity contribution in [1.29, 1.82) is 0 Å². The number of methoxy groups -OCH3 is 1. The fourth-order valence-electron chi connectivity index (χ4n) is 3.10. The van der Waals surface area contributed by atoms with E-state index in [2.05, 4.69) is 4.98 Å². The van der Waals surface area contributed by atoms with Gasteiger partial charge in [-0.25, -0.2) is 4.98 Å². The fraction of sp³-hybridized carbons (Fsp3) is 0.0455. The molecule has 2 aromatic carbocycles. The number of anilines is 1. The van der Waals surface area contributed by atoms with Crippen molar-refractivity contribution in [3.8, 4) is 17.4 Å². The molecule has 11 nitrogen and oxygen atoms in total. The molecule has 1 aromatic heterocycles. The van der Waals surface area contributed by atoms with Crippen LogP contribution in [0.5, 0.6) is 17.4 Å². The average Bonchev–Trinajstić information content (AvgIpc) is 3.12. The van der Waals surface area contributed by atoms with Crippen LogP contribution in [0.3, 0.4) is 0 Å². The number of pyridine rings is 1. The van der Waals surface area contributed by atoms with Gasteiger partial charge in [0.05, 0.1) is 27.5 Å². The number of amides is 1. The summed E-state index contributed by atoms with van der Waals surface area (Å²) in [5.74, 6) is 0.387. The first kappa shape index (κ1) is 23.8. The summed E-state index contributed by atoms with van der Waals surface area (Å²) in [4.78, 5) is 39.2. The van der Waals surface area contributed by atoms with Crippen LogP contribution in [0.4, 0.5) is 17.1 Å². The molecule has 0 saturated carbocycles. The number of rotatable bonds is 7. The molecule has 35 heavy (non-hydrogen) atoms. The van der Waals surface area contributed by atoms with E-state index in [-0.39, 0.29) is 21.6 Å². The third-order valence-corrected chi connectivity index (χ3v) is 6.03. The lowest BCUT2D eigenvalue weighted by molar-refractivity contribution is -0.385. The number of carbonyl (C=O) groups is 1. The number of ether oxygens (including phenoxy) is 2. The summed E-state index contributed by atoms with van der Waals surface area (Å²) in [6, 6.07) is 13.2. The smallest absolute Gasteiger partial charge is 0.287 e. The summed E-state index contributed by atoms with van der Waals surface area (Å²) in [7, 11) is 1.44. The van der Waals surface area contributed by atoms with E-state index in [1.807, 2.05) is 0 Å².